The summed E-state index contributed by atoms with van der Waals surface area (Å²) < 4.78 is 15.8. The van der Waals surface area contributed by atoms with Crippen LogP contribution < -0.4 is 10.6 Å². The van der Waals surface area contributed by atoms with E-state index in [2.05, 4.69) is 15.2 Å². The number of likely N-dealkylation sites (N-methyl/N-ethyl adjacent to an activating group) is 1. The first-order valence-electron chi connectivity index (χ1n) is 12.3. The number of amides is 1. The Hall–Kier alpha value is -3.68. The molecule has 2 heterocycles. The Bertz CT molecular complexity index is 1380. The molecule has 0 bridgehead atoms. The summed E-state index contributed by atoms with van der Waals surface area (Å²) in [7, 11) is 1.81. The number of anilines is 2. The number of nitrogens with one attached hydrogen (secondary N) is 2. The van der Waals surface area contributed by atoms with Gasteiger partial charge in [-0.15, -0.1) is 0 Å². The molecule has 5 rings (SSSR count). The van der Waals surface area contributed by atoms with Crippen molar-refractivity contribution in [2.45, 2.75) is 32.5 Å². The number of nitrogens with zero attached hydrogens (tertiary/aromatic N) is 3. The fourth-order valence-electron chi connectivity index (χ4n) is 4.62. The van der Waals surface area contributed by atoms with Crippen molar-refractivity contribution < 1.29 is 9.18 Å². The molecule has 0 unspecified atom stereocenters. The van der Waals surface area contributed by atoms with Crippen LogP contribution in [0.4, 0.5) is 15.9 Å². The molecule has 0 saturated carbocycles. The minimum atomic E-state index is -0.357. The second-order valence-corrected chi connectivity index (χ2v) is 9.74. The number of rotatable bonds is 7. The van der Waals surface area contributed by atoms with Crippen molar-refractivity contribution >= 4 is 29.0 Å². The first-order chi connectivity index (χ1) is 17.9. The molecular formula is C29H29ClFN5O. The van der Waals surface area contributed by atoms with Crippen LogP contribution in [-0.2, 0) is 24.3 Å². The first kappa shape index (κ1) is 25.0. The monoisotopic (exact) mass is 517 g/mol. The van der Waals surface area contributed by atoms with Crippen molar-refractivity contribution in [2.75, 3.05) is 18.9 Å². The molecule has 1 atom stereocenters. The van der Waals surface area contributed by atoms with E-state index >= 15 is 0 Å². The lowest BCUT2D eigenvalue weighted by molar-refractivity contribution is -0.134. The number of aromatic nitrogens is 2. The van der Waals surface area contributed by atoms with Gasteiger partial charge in [-0.25, -0.2) is 9.37 Å². The van der Waals surface area contributed by atoms with Gasteiger partial charge in [0.25, 0.3) is 0 Å². The summed E-state index contributed by atoms with van der Waals surface area (Å²) in [5, 5.41) is 7.36. The Balaban J connectivity index is 1.42. The maximum Gasteiger partial charge on any atom is 0.240 e. The molecule has 2 N–H and O–H groups in total. The van der Waals surface area contributed by atoms with Crippen LogP contribution in [0.5, 0.6) is 0 Å². The van der Waals surface area contributed by atoms with E-state index < -0.39 is 0 Å². The maximum atomic E-state index is 13.6. The molecule has 1 amide bonds. The van der Waals surface area contributed by atoms with E-state index in [1.165, 1.54) is 17.7 Å². The third-order valence-electron chi connectivity index (χ3n) is 6.72. The van der Waals surface area contributed by atoms with Gasteiger partial charge in [-0.2, -0.15) is 0 Å². The van der Waals surface area contributed by atoms with Gasteiger partial charge in [0.15, 0.2) is 0 Å². The Morgan fingerprint density at radius 3 is 2.41 bits per heavy atom. The van der Waals surface area contributed by atoms with Crippen molar-refractivity contribution in [2.24, 2.45) is 0 Å². The summed E-state index contributed by atoms with van der Waals surface area (Å²) >= 11 is 6.02. The van der Waals surface area contributed by atoms with Crippen molar-refractivity contribution in [3.05, 3.63) is 101 Å². The molecule has 0 fully saturated rings. The fourth-order valence-corrected chi connectivity index (χ4v) is 4.74. The average molecular weight is 518 g/mol. The molecule has 0 radical (unpaired) electrons. The van der Waals surface area contributed by atoms with Gasteiger partial charge in [0, 0.05) is 29.4 Å². The lowest BCUT2D eigenvalue weighted by Gasteiger charge is -2.31. The van der Waals surface area contributed by atoms with Gasteiger partial charge in [0.05, 0.1) is 12.6 Å². The van der Waals surface area contributed by atoms with Crippen molar-refractivity contribution in [3.8, 4) is 11.3 Å². The van der Waals surface area contributed by atoms with Gasteiger partial charge in [-0.1, -0.05) is 41.4 Å². The zero-order valence-electron chi connectivity index (χ0n) is 20.8. The second kappa shape index (κ2) is 10.7. The first-order valence-corrected chi connectivity index (χ1v) is 12.7. The predicted octanol–water partition coefficient (Wildman–Crippen LogP) is 5.57. The molecule has 3 aromatic carbocycles. The number of halogens is 2. The van der Waals surface area contributed by atoms with Crippen LogP contribution >= 0.6 is 11.6 Å². The van der Waals surface area contributed by atoms with E-state index in [1.54, 1.807) is 19.2 Å². The number of fused-ring (bicyclic) bond motifs is 1. The van der Waals surface area contributed by atoms with Crippen molar-refractivity contribution in [3.63, 3.8) is 0 Å². The Labute approximate surface area is 221 Å². The Morgan fingerprint density at radius 1 is 1.03 bits per heavy atom. The van der Waals surface area contributed by atoms with Gasteiger partial charge < -0.3 is 20.1 Å². The highest BCUT2D eigenvalue weighted by atomic mass is 35.5. The van der Waals surface area contributed by atoms with Gasteiger partial charge in [0.2, 0.25) is 5.91 Å². The van der Waals surface area contributed by atoms with Crippen LogP contribution in [0.1, 0.15) is 17.0 Å². The SMILES string of the molecule is CN[C@@H](Cc1ccc(Cl)cc1)C(=O)N1CCn2c(nc(-c3ccc(F)cc3)c2Nc2ccc(C)cc2)C1. The quantitative estimate of drug-likeness (QED) is 0.336. The number of hydrogen-bond donors (Lipinski definition) is 2. The highest BCUT2D eigenvalue weighted by Crippen LogP contribution is 2.33. The van der Waals surface area contributed by atoms with Crippen LogP contribution in [0.25, 0.3) is 11.3 Å². The molecular weight excluding hydrogens is 489 g/mol. The highest BCUT2D eigenvalue weighted by Gasteiger charge is 2.30. The lowest BCUT2D eigenvalue weighted by atomic mass is 10.0. The molecule has 1 aliphatic heterocycles. The summed E-state index contributed by atoms with van der Waals surface area (Å²) in [5.74, 6) is 1.36. The smallest absolute Gasteiger partial charge is 0.240 e. The van der Waals surface area contributed by atoms with Crippen LogP contribution in [0, 0.1) is 12.7 Å². The van der Waals surface area contributed by atoms with Crippen LogP contribution in [0.15, 0.2) is 72.8 Å². The predicted molar refractivity (Wildman–Crippen MR) is 146 cm³/mol. The number of imidazole rings is 1. The topological polar surface area (TPSA) is 62.2 Å². The zero-order chi connectivity index (χ0) is 25.9. The molecule has 0 spiro atoms. The summed E-state index contributed by atoms with van der Waals surface area (Å²) in [6, 6.07) is 21.7. The number of aryl methyl sites for hydroxylation is 1. The molecule has 37 heavy (non-hydrogen) atoms. The summed E-state index contributed by atoms with van der Waals surface area (Å²) in [6.07, 6.45) is 0.568. The number of hydrogen-bond acceptors (Lipinski definition) is 4. The van der Waals surface area contributed by atoms with Gasteiger partial charge in [-0.3, -0.25) is 4.79 Å². The molecule has 1 aliphatic rings. The summed E-state index contributed by atoms with van der Waals surface area (Å²) in [4.78, 5) is 20.3. The average Bonchev–Trinajstić information content (AvgIpc) is 3.27. The number of carbonyl (C=O) groups excluding carboxylic acids is 1. The fraction of sp³-hybridized carbons (Fsp3) is 0.241. The van der Waals surface area contributed by atoms with Crippen molar-refractivity contribution in [1.82, 2.24) is 19.8 Å². The van der Waals surface area contributed by atoms with E-state index in [9.17, 15) is 9.18 Å². The highest BCUT2D eigenvalue weighted by molar-refractivity contribution is 6.30. The van der Waals surface area contributed by atoms with E-state index in [1.807, 2.05) is 60.4 Å². The number of carbonyl (C=O) groups is 1. The normalized spacial score (nSPS) is 13.8. The van der Waals surface area contributed by atoms with Gasteiger partial charge >= 0.3 is 0 Å². The van der Waals surface area contributed by atoms with Crippen LogP contribution in [0.3, 0.4) is 0 Å². The van der Waals surface area contributed by atoms with E-state index in [0.717, 1.165) is 34.2 Å². The standard InChI is InChI=1S/C29H29ClFN5O/c1-19-3-13-24(14-4-19)33-28-27(21-7-11-23(31)12-8-21)34-26-18-35(15-16-36(26)28)29(37)25(32-2)17-20-5-9-22(30)10-6-20/h3-14,25,32-33H,15-18H2,1-2H3/t25-/m0/s1. The van der Waals surface area contributed by atoms with E-state index in [0.29, 0.717) is 31.1 Å². The molecule has 6 nitrogen and oxygen atoms in total. The summed E-state index contributed by atoms with van der Waals surface area (Å²) in [5.41, 5.74) is 4.70. The molecule has 190 valence electrons. The minimum Gasteiger partial charge on any atom is -0.340 e. The third-order valence-corrected chi connectivity index (χ3v) is 6.97. The zero-order valence-corrected chi connectivity index (χ0v) is 21.6. The maximum absolute atomic E-state index is 13.6. The number of benzene rings is 3. The van der Waals surface area contributed by atoms with Gasteiger partial charge in [-0.05, 0) is 74.5 Å². The lowest BCUT2D eigenvalue weighted by Crippen LogP contribution is -2.49. The largest absolute Gasteiger partial charge is 0.340 e. The van der Waals surface area contributed by atoms with Crippen LogP contribution in [0.2, 0.25) is 5.02 Å². The molecule has 8 heteroatoms. The van der Waals surface area contributed by atoms with E-state index in [4.69, 9.17) is 16.6 Å². The molecule has 4 aromatic rings. The molecule has 1 aromatic heterocycles. The van der Waals surface area contributed by atoms with Crippen molar-refractivity contribution in [1.29, 1.82) is 0 Å². The van der Waals surface area contributed by atoms with Crippen LogP contribution in [-0.4, -0.2) is 40.0 Å². The Kier molecular flexibility index (Phi) is 7.26. The second-order valence-electron chi connectivity index (χ2n) is 9.31. The molecule has 0 aliphatic carbocycles. The van der Waals surface area contributed by atoms with Gasteiger partial charge in [0.1, 0.15) is 23.2 Å². The van der Waals surface area contributed by atoms with E-state index in [-0.39, 0.29) is 17.8 Å². The summed E-state index contributed by atoms with van der Waals surface area (Å²) in [6.45, 7) is 3.60. The minimum absolute atomic E-state index is 0.0306. The molecule has 0 saturated heterocycles. The third kappa shape index (κ3) is 5.53. The Morgan fingerprint density at radius 2 is 1.73 bits per heavy atom.